The van der Waals surface area contributed by atoms with E-state index in [0.29, 0.717) is 17.7 Å². The van der Waals surface area contributed by atoms with E-state index in [4.69, 9.17) is 4.74 Å². The Bertz CT molecular complexity index is 630. The number of carbonyl (C=O) groups is 1. The summed E-state index contributed by atoms with van der Waals surface area (Å²) < 4.78 is 6.04. The van der Waals surface area contributed by atoms with Gasteiger partial charge in [-0.2, -0.15) is 0 Å². The largest absolute Gasteiger partial charge is 0.426 e. The number of rotatable bonds is 1. The number of esters is 1. The molecule has 1 aromatic carbocycles. The molecule has 1 saturated carbocycles. The zero-order chi connectivity index (χ0) is 15.4. The van der Waals surface area contributed by atoms with Crippen LogP contribution in [0.1, 0.15) is 31.2 Å². The first-order chi connectivity index (χ1) is 9.81. The van der Waals surface area contributed by atoms with Gasteiger partial charge in [0.25, 0.3) is 0 Å². The molecule has 21 heavy (non-hydrogen) atoms. The van der Waals surface area contributed by atoms with Gasteiger partial charge in [-0.3, -0.25) is 14.9 Å². The monoisotopic (exact) mass is 355 g/mol. The number of ether oxygens (including phenoxy) is 1. The molecule has 7 heteroatoms. The minimum atomic E-state index is -1.44. The van der Waals surface area contributed by atoms with Crippen LogP contribution in [0.15, 0.2) is 22.7 Å². The normalized spacial score (nSPS) is 34.6. The zero-order valence-corrected chi connectivity index (χ0v) is 12.9. The maximum atomic E-state index is 12.1. The average molecular weight is 356 g/mol. The Hall–Kier alpha value is -1.47. The van der Waals surface area contributed by atoms with Gasteiger partial charge in [0.15, 0.2) is 0 Å². The maximum absolute atomic E-state index is 12.1. The molecule has 112 valence electrons. The summed E-state index contributed by atoms with van der Waals surface area (Å²) in [5, 5.41) is 21.9. The fourth-order valence-corrected chi connectivity index (χ4v) is 3.83. The highest BCUT2D eigenvalue weighted by molar-refractivity contribution is 9.10. The van der Waals surface area contributed by atoms with Crippen LogP contribution in [0.4, 0.5) is 0 Å². The molecule has 1 heterocycles. The Labute approximate surface area is 129 Å². The highest BCUT2D eigenvalue weighted by Gasteiger charge is 2.58. The van der Waals surface area contributed by atoms with Crippen molar-refractivity contribution in [1.29, 1.82) is 0 Å². The van der Waals surface area contributed by atoms with Crippen molar-refractivity contribution >= 4 is 21.9 Å². The molecule has 3 rings (SSSR count). The fourth-order valence-electron chi connectivity index (χ4n) is 3.45. The van der Waals surface area contributed by atoms with E-state index in [9.17, 15) is 20.0 Å². The summed E-state index contributed by atoms with van der Waals surface area (Å²) in [7, 11) is 0. The number of hydrogen-bond donors (Lipinski definition) is 1. The second-order valence-electron chi connectivity index (χ2n) is 5.86. The van der Waals surface area contributed by atoms with Gasteiger partial charge in [0.1, 0.15) is 11.4 Å². The maximum Gasteiger partial charge on any atom is 0.315 e. The van der Waals surface area contributed by atoms with Gasteiger partial charge in [-0.15, -0.1) is 0 Å². The lowest BCUT2D eigenvalue weighted by Crippen LogP contribution is -2.56. The molecule has 0 spiro atoms. The Balaban J connectivity index is 2.18. The SMILES string of the molecule is C[C@@]1(O)CC[C@H]2C(=O)Oc3ccc(Br)cc3[C@H]2[C@@H]1[N+](=O)[O-]. The van der Waals surface area contributed by atoms with Crippen LogP contribution in [0.3, 0.4) is 0 Å². The van der Waals surface area contributed by atoms with Gasteiger partial charge < -0.3 is 9.84 Å². The van der Waals surface area contributed by atoms with E-state index >= 15 is 0 Å². The molecule has 1 N–H and O–H groups in total. The van der Waals surface area contributed by atoms with Gasteiger partial charge in [-0.25, -0.2) is 0 Å². The molecule has 0 radical (unpaired) electrons. The third kappa shape index (κ3) is 2.24. The number of nitrogens with zero attached hydrogens (tertiary/aromatic N) is 1. The number of halogens is 1. The van der Waals surface area contributed by atoms with E-state index in [1.54, 1.807) is 18.2 Å². The average Bonchev–Trinajstić information content (AvgIpc) is 2.38. The van der Waals surface area contributed by atoms with Crippen molar-refractivity contribution in [3.8, 4) is 5.75 Å². The third-order valence-corrected chi connectivity index (χ3v) is 4.94. The van der Waals surface area contributed by atoms with Crippen molar-refractivity contribution in [2.24, 2.45) is 5.92 Å². The first-order valence-corrected chi connectivity index (χ1v) is 7.47. The van der Waals surface area contributed by atoms with Crippen LogP contribution in [0.5, 0.6) is 5.75 Å². The summed E-state index contributed by atoms with van der Waals surface area (Å²) >= 11 is 3.33. The van der Waals surface area contributed by atoms with Crippen molar-refractivity contribution in [1.82, 2.24) is 0 Å². The van der Waals surface area contributed by atoms with Crippen LogP contribution < -0.4 is 4.74 Å². The minimum Gasteiger partial charge on any atom is -0.426 e. The molecule has 0 aromatic heterocycles. The lowest BCUT2D eigenvalue weighted by atomic mass is 9.65. The van der Waals surface area contributed by atoms with Crippen molar-refractivity contribution in [3.63, 3.8) is 0 Å². The molecule has 0 saturated heterocycles. The molecule has 0 amide bonds. The fraction of sp³-hybridized carbons (Fsp3) is 0.500. The highest BCUT2D eigenvalue weighted by Crippen LogP contribution is 2.50. The van der Waals surface area contributed by atoms with E-state index in [1.807, 2.05) is 0 Å². The van der Waals surface area contributed by atoms with Gasteiger partial charge in [-0.05, 0) is 38.0 Å². The summed E-state index contributed by atoms with van der Waals surface area (Å²) in [6.07, 6.45) is 0.588. The smallest absolute Gasteiger partial charge is 0.315 e. The van der Waals surface area contributed by atoms with Crippen molar-refractivity contribution in [2.75, 3.05) is 0 Å². The topological polar surface area (TPSA) is 89.7 Å². The summed E-state index contributed by atoms with van der Waals surface area (Å²) in [4.78, 5) is 23.2. The molecule has 0 unspecified atom stereocenters. The number of aliphatic hydroxyl groups is 1. The molecule has 1 fully saturated rings. The molecule has 1 aliphatic heterocycles. The van der Waals surface area contributed by atoms with Crippen LogP contribution in [0.25, 0.3) is 0 Å². The third-order valence-electron chi connectivity index (χ3n) is 4.44. The Kier molecular flexibility index (Phi) is 3.29. The second-order valence-corrected chi connectivity index (χ2v) is 6.78. The van der Waals surface area contributed by atoms with E-state index in [2.05, 4.69) is 15.9 Å². The van der Waals surface area contributed by atoms with Gasteiger partial charge in [-0.1, -0.05) is 15.9 Å². The van der Waals surface area contributed by atoms with Crippen molar-refractivity contribution in [3.05, 3.63) is 38.3 Å². The van der Waals surface area contributed by atoms with Crippen LogP contribution in [-0.2, 0) is 4.79 Å². The summed E-state index contributed by atoms with van der Waals surface area (Å²) in [6.45, 7) is 1.47. The number of carbonyl (C=O) groups excluding carboxylic acids is 1. The lowest BCUT2D eigenvalue weighted by Gasteiger charge is -2.42. The van der Waals surface area contributed by atoms with E-state index in [1.165, 1.54) is 6.92 Å². The van der Waals surface area contributed by atoms with Crippen molar-refractivity contribution < 1.29 is 19.6 Å². The van der Waals surface area contributed by atoms with Crippen LogP contribution in [0.2, 0.25) is 0 Å². The number of fused-ring (bicyclic) bond motifs is 3. The molecule has 4 atom stereocenters. The highest BCUT2D eigenvalue weighted by atomic mass is 79.9. The van der Waals surface area contributed by atoms with Crippen LogP contribution in [0, 0.1) is 16.0 Å². The van der Waals surface area contributed by atoms with E-state index < -0.39 is 34.4 Å². The first kappa shape index (κ1) is 14.5. The molecule has 6 nitrogen and oxygen atoms in total. The predicted octanol–water partition coefficient (Wildman–Crippen LogP) is 2.26. The molecule has 0 bridgehead atoms. The Morgan fingerprint density at radius 3 is 2.90 bits per heavy atom. The Morgan fingerprint density at radius 1 is 1.52 bits per heavy atom. The van der Waals surface area contributed by atoms with Gasteiger partial charge in [0.2, 0.25) is 6.04 Å². The quantitative estimate of drug-likeness (QED) is 0.361. The summed E-state index contributed by atoms with van der Waals surface area (Å²) in [5.41, 5.74) is -0.836. The van der Waals surface area contributed by atoms with Crippen LogP contribution >= 0.6 is 15.9 Å². The number of hydrogen-bond acceptors (Lipinski definition) is 5. The summed E-state index contributed by atoms with van der Waals surface area (Å²) in [6, 6.07) is 3.84. The molecule has 1 aromatic rings. The zero-order valence-electron chi connectivity index (χ0n) is 11.3. The van der Waals surface area contributed by atoms with E-state index in [0.717, 1.165) is 4.47 Å². The number of benzene rings is 1. The van der Waals surface area contributed by atoms with Gasteiger partial charge in [0.05, 0.1) is 11.8 Å². The number of nitro groups is 1. The first-order valence-electron chi connectivity index (χ1n) is 6.68. The lowest BCUT2D eigenvalue weighted by molar-refractivity contribution is -0.554. The van der Waals surface area contributed by atoms with Crippen LogP contribution in [-0.4, -0.2) is 27.6 Å². The Morgan fingerprint density at radius 2 is 2.24 bits per heavy atom. The van der Waals surface area contributed by atoms with Gasteiger partial charge in [0, 0.05) is 15.0 Å². The van der Waals surface area contributed by atoms with Crippen molar-refractivity contribution in [2.45, 2.75) is 37.3 Å². The van der Waals surface area contributed by atoms with Gasteiger partial charge >= 0.3 is 5.97 Å². The summed E-state index contributed by atoms with van der Waals surface area (Å²) in [5.74, 6) is -1.36. The minimum absolute atomic E-state index is 0.207. The molecular formula is C14H14BrNO5. The molecular weight excluding hydrogens is 342 g/mol. The second kappa shape index (κ2) is 4.78. The standard InChI is InChI=1S/C14H14BrNO5/c1-14(18)5-4-8-11(12(14)16(19)20)9-6-7(15)2-3-10(9)21-13(8)17/h2-3,6,8,11-12,18H,4-5H2,1H3/t8-,11+,12+,14-/m1/s1. The molecule has 2 aliphatic rings. The van der Waals surface area contributed by atoms with E-state index in [-0.39, 0.29) is 6.42 Å². The molecule has 1 aliphatic carbocycles. The predicted molar refractivity (Wildman–Crippen MR) is 76.6 cm³/mol.